The molecule has 6 N–H and O–H groups in total. The number of aryl methyl sites for hydroxylation is 2. The van der Waals surface area contributed by atoms with Gasteiger partial charge in [-0.25, -0.2) is 19.6 Å². The number of nitrogens with zero attached hydrogens (tertiary/aromatic N) is 2. The lowest BCUT2D eigenvalue weighted by Crippen LogP contribution is -2.55. The van der Waals surface area contributed by atoms with Gasteiger partial charge < -0.3 is 10.6 Å². The first-order valence-electron chi connectivity index (χ1n) is 9.59. The lowest BCUT2D eigenvalue weighted by atomic mass is 9.90. The van der Waals surface area contributed by atoms with Crippen LogP contribution in [0.4, 0.5) is 21.5 Å². The molecular weight excluding hydrogens is 392 g/mol. The number of amides is 4. The molecule has 0 aromatic carbocycles. The minimum absolute atomic E-state index is 0.0463. The van der Waals surface area contributed by atoms with E-state index in [0.717, 1.165) is 12.8 Å². The minimum Gasteiger partial charge on any atom is -0.333 e. The van der Waals surface area contributed by atoms with Crippen LogP contribution in [0.2, 0.25) is 0 Å². The van der Waals surface area contributed by atoms with Crippen molar-refractivity contribution in [3.05, 3.63) is 44.2 Å². The summed E-state index contributed by atoms with van der Waals surface area (Å²) in [6, 6.07) is 0.939. The SMILES string of the molecule is Cc1cc(=O)[nH]c(NC(=O)NC2CCCCC2NC(=O)Nc2nc(C)cc(=O)[nH]2)n1. The third-order valence-electron chi connectivity index (χ3n) is 4.60. The second-order valence-electron chi connectivity index (χ2n) is 7.17. The van der Waals surface area contributed by atoms with E-state index in [1.165, 1.54) is 12.1 Å². The summed E-state index contributed by atoms with van der Waals surface area (Å²) < 4.78 is 0. The number of aromatic amines is 2. The molecule has 12 heteroatoms. The predicted octanol–water partition coefficient (Wildman–Crippen LogP) is 0.724. The Morgan fingerprint density at radius 3 is 1.60 bits per heavy atom. The summed E-state index contributed by atoms with van der Waals surface area (Å²) in [4.78, 5) is 60.7. The number of hydrogen-bond acceptors (Lipinski definition) is 6. The first-order valence-corrected chi connectivity index (χ1v) is 9.59. The number of carbonyl (C=O) groups is 2. The molecule has 3 rings (SSSR count). The zero-order valence-corrected chi connectivity index (χ0v) is 16.7. The lowest BCUT2D eigenvalue weighted by Gasteiger charge is -2.32. The number of nitrogens with one attached hydrogen (secondary N) is 6. The molecule has 0 radical (unpaired) electrons. The van der Waals surface area contributed by atoms with Gasteiger partial charge >= 0.3 is 12.1 Å². The molecule has 0 spiro atoms. The second-order valence-corrected chi connectivity index (χ2v) is 7.17. The van der Waals surface area contributed by atoms with Crippen molar-refractivity contribution < 1.29 is 9.59 Å². The van der Waals surface area contributed by atoms with Crippen molar-refractivity contribution in [1.82, 2.24) is 30.6 Å². The van der Waals surface area contributed by atoms with E-state index >= 15 is 0 Å². The Hall–Kier alpha value is -3.70. The fourth-order valence-electron chi connectivity index (χ4n) is 3.38. The fourth-order valence-corrected chi connectivity index (χ4v) is 3.38. The summed E-state index contributed by atoms with van der Waals surface area (Å²) in [7, 11) is 0. The van der Waals surface area contributed by atoms with E-state index in [1.807, 2.05) is 0 Å². The van der Waals surface area contributed by atoms with Gasteiger partial charge in [-0.15, -0.1) is 0 Å². The number of carbonyl (C=O) groups excluding carboxylic acids is 2. The Morgan fingerprint density at radius 2 is 1.23 bits per heavy atom. The Kier molecular flexibility index (Phi) is 6.45. The third-order valence-corrected chi connectivity index (χ3v) is 4.60. The number of urea groups is 2. The highest BCUT2D eigenvalue weighted by atomic mass is 16.2. The summed E-state index contributed by atoms with van der Waals surface area (Å²) in [5.74, 6) is 0.0927. The first kappa shape index (κ1) is 21.0. The third kappa shape index (κ3) is 5.90. The van der Waals surface area contributed by atoms with Crippen LogP contribution in [0.3, 0.4) is 0 Å². The van der Waals surface area contributed by atoms with Crippen molar-refractivity contribution >= 4 is 24.0 Å². The van der Waals surface area contributed by atoms with Gasteiger partial charge in [0.15, 0.2) is 0 Å². The minimum atomic E-state index is -0.535. The standard InChI is InChI=1S/C18H24N8O4/c1-9-7-13(27)23-15(19-9)25-17(29)21-11-5-3-4-6-12(11)22-18(30)26-16-20-10(2)8-14(28)24-16/h7-8,11-12H,3-6H2,1-2H3,(H3,19,21,23,25,27,29)(H3,20,22,24,26,28,30). The van der Waals surface area contributed by atoms with Gasteiger partial charge in [-0.2, -0.15) is 0 Å². The summed E-state index contributed by atoms with van der Waals surface area (Å²) >= 11 is 0. The normalized spacial score (nSPS) is 18.3. The van der Waals surface area contributed by atoms with Gasteiger partial charge in [0.1, 0.15) is 0 Å². The molecule has 4 amide bonds. The Labute approximate surface area is 171 Å². The van der Waals surface area contributed by atoms with Gasteiger partial charge in [-0.05, 0) is 26.7 Å². The quantitative estimate of drug-likeness (QED) is 0.428. The van der Waals surface area contributed by atoms with Gasteiger partial charge in [-0.1, -0.05) is 12.8 Å². The van der Waals surface area contributed by atoms with Crippen molar-refractivity contribution in [1.29, 1.82) is 0 Å². The van der Waals surface area contributed by atoms with Gasteiger partial charge in [0.25, 0.3) is 11.1 Å². The van der Waals surface area contributed by atoms with E-state index in [9.17, 15) is 19.2 Å². The van der Waals surface area contributed by atoms with Crippen LogP contribution >= 0.6 is 0 Å². The number of anilines is 2. The Bertz CT molecular complexity index is 963. The van der Waals surface area contributed by atoms with Crippen LogP contribution in [0.1, 0.15) is 37.1 Å². The van der Waals surface area contributed by atoms with Crippen LogP contribution in [0.5, 0.6) is 0 Å². The molecule has 0 bridgehead atoms. The molecular formula is C18H24N8O4. The van der Waals surface area contributed by atoms with Crippen LogP contribution in [0, 0.1) is 13.8 Å². The van der Waals surface area contributed by atoms with Crippen LogP contribution < -0.4 is 32.4 Å². The van der Waals surface area contributed by atoms with Gasteiger partial charge in [0, 0.05) is 23.5 Å². The highest BCUT2D eigenvalue weighted by Crippen LogP contribution is 2.19. The largest absolute Gasteiger partial charge is 0.333 e. The van der Waals surface area contributed by atoms with E-state index in [2.05, 4.69) is 41.2 Å². The smallest absolute Gasteiger partial charge is 0.321 e. The van der Waals surface area contributed by atoms with E-state index in [1.54, 1.807) is 13.8 Å². The van der Waals surface area contributed by atoms with E-state index in [4.69, 9.17) is 0 Å². The molecule has 1 aliphatic rings. The number of hydrogen-bond donors (Lipinski definition) is 6. The van der Waals surface area contributed by atoms with E-state index in [0.29, 0.717) is 24.2 Å². The Morgan fingerprint density at radius 1 is 0.833 bits per heavy atom. The monoisotopic (exact) mass is 416 g/mol. The predicted molar refractivity (Wildman–Crippen MR) is 110 cm³/mol. The summed E-state index contributed by atoms with van der Waals surface area (Å²) in [6.45, 7) is 3.29. The van der Waals surface area contributed by atoms with Crippen molar-refractivity contribution in [3.63, 3.8) is 0 Å². The molecule has 1 saturated carbocycles. The maximum absolute atomic E-state index is 12.3. The molecule has 2 atom stereocenters. The molecule has 2 aromatic heterocycles. The molecule has 2 aromatic rings. The lowest BCUT2D eigenvalue weighted by molar-refractivity contribution is 0.225. The topological polar surface area (TPSA) is 174 Å². The molecule has 0 aliphatic heterocycles. The number of rotatable bonds is 4. The highest BCUT2D eigenvalue weighted by Gasteiger charge is 2.28. The Balaban J connectivity index is 1.59. The molecule has 160 valence electrons. The van der Waals surface area contributed by atoms with Crippen LogP contribution in [-0.2, 0) is 0 Å². The average Bonchev–Trinajstić information content (AvgIpc) is 2.61. The number of aromatic nitrogens is 4. The molecule has 1 aliphatic carbocycles. The molecule has 2 unspecified atom stereocenters. The van der Waals surface area contributed by atoms with Crippen LogP contribution in [0.25, 0.3) is 0 Å². The van der Waals surface area contributed by atoms with E-state index < -0.39 is 12.1 Å². The summed E-state index contributed by atoms with van der Waals surface area (Å²) in [5, 5.41) is 10.6. The average molecular weight is 416 g/mol. The van der Waals surface area contributed by atoms with Crippen LogP contribution in [0.15, 0.2) is 21.7 Å². The molecule has 30 heavy (non-hydrogen) atoms. The van der Waals surface area contributed by atoms with Gasteiger partial charge in [-0.3, -0.25) is 30.2 Å². The highest BCUT2D eigenvalue weighted by molar-refractivity contribution is 5.89. The number of H-pyrrole nitrogens is 2. The zero-order valence-electron chi connectivity index (χ0n) is 16.7. The molecule has 12 nitrogen and oxygen atoms in total. The first-order chi connectivity index (χ1) is 14.3. The summed E-state index contributed by atoms with van der Waals surface area (Å²) in [6.07, 6.45) is 3.15. The van der Waals surface area contributed by atoms with Gasteiger partial charge in [0.05, 0.1) is 12.1 Å². The van der Waals surface area contributed by atoms with Gasteiger partial charge in [0.2, 0.25) is 11.9 Å². The maximum Gasteiger partial charge on any atom is 0.321 e. The molecule has 0 saturated heterocycles. The van der Waals surface area contributed by atoms with Crippen molar-refractivity contribution in [3.8, 4) is 0 Å². The second kappa shape index (κ2) is 9.20. The van der Waals surface area contributed by atoms with E-state index in [-0.39, 0.29) is 35.1 Å². The summed E-state index contributed by atoms with van der Waals surface area (Å²) in [5.41, 5.74) is 0.223. The van der Waals surface area contributed by atoms with Crippen molar-refractivity contribution in [2.45, 2.75) is 51.6 Å². The molecule has 2 heterocycles. The maximum atomic E-state index is 12.3. The van der Waals surface area contributed by atoms with Crippen LogP contribution in [-0.4, -0.2) is 44.1 Å². The van der Waals surface area contributed by atoms with Crippen molar-refractivity contribution in [2.75, 3.05) is 10.6 Å². The molecule has 1 fully saturated rings. The fraction of sp³-hybridized carbons (Fsp3) is 0.444. The zero-order chi connectivity index (χ0) is 21.7. The van der Waals surface area contributed by atoms with Crippen molar-refractivity contribution in [2.24, 2.45) is 0 Å².